The van der Waals surface area contributed by atoms with Gasteiger partial charge in [0.1, 0.15) is 4.90 Å². The van der Waals surface area contributed by atoms with Gasteiger partial charge in [-0.3, -0.25) is 0 Å². The summed E-state index contributed by atoms with van der Waals surface area (Å²) in [6.45, 7) is 4.96. The van der Waals surface area contributed by atoms with E-state index < -0.39 is 26.1 Å². The fourth-order valence-electron chi connectivity index (χ4n) is 2.62. The lowest BCUT2D eigenvalue weighted by Crippen LogP contribution is -2.30. The minimum atomic E-state index is -3.96. The molecule has 0 saturated heterocycles. The number of nitrogens with zero attached hydrogens (tertiary/aromatic N) is 1. The van der Waals surface area contributed by atoms with Gasteiger partial charge in [-0.25, -0.2) is 22.0 Å². The lowest BCUT2D eigenvalue weighted by atomic mass is 10.1. The Kier molecular flexibility index (Phi) is 6.31. The second-order valence-corrected chi connectivity index (χ2v) is 10.5. The number of sulfonamides is 2. The maximum atomic E-state index is 13.2. The number of benzene rings is 2. The van der Waals surface area contributed by atoms with Crippen molar-refractivity contribution in [3.8, 4) is 0 Å². The van der Waals surface area contributed by atoms with E-state index in [4.69, 9.17) is 28.3 Å². The molecule has 0 fully saturated rings. The standard InChI is InChI=1S/C17H20Cl2N2O4S2/c1-10-9-15(18)11(2)17(16(10)19)27(24,25)21(4)12(3)13-5-7-14(8-6-13)26(20,22)23/h5-9,12H,1-4H3,(H2,20,22,23). The summed E-state index contributed by atoms with van der Waals surface area (Å²) >= 11 is 12.4. The van der Waals surface area contributed by atoms with Crippen LogP contribution in [0.15, 0.2) is 40.1 Å². The molecule has 0 radical (unpaired) electrons. The molecule has 0 bridgehead atoms. The molecule has 0 spiro atoms. The summed E-state index contributed by atoms with van der Waals surface area (Å²) in [6.07, 6.45) is 0. The van der Waals surface area contributed by atoms with E-state index in [-0.39, 0.29) is 14.8 Å². The van der Waals surface area contributed by atoms with Crippen LogP contribution in [0.3, 0.4) is 0 Å². The van der Waals surface area contributed by atoms with Crippen molar-refractivity contribution in [2.45, 2.75) is 36.6 Å². The van der Waals surface area contributed by atoms with Crippen LogP contribution in [0.2, 0.25) is 10.0 Å². The van der Waals surface area contributed by atoms with Crippen LogP contribution in [0.1, 0.15) is 29.7 Å². The first-order valence-corrected chi connectivity index (χ1v) is 11.6. The zero-order valence-corrected chi connectivity index (χ0v) is 18.3. The van der Waals surface area contributed by atoms with Crippen molar-refractivity contribution in [1.82, 2.24) is 4.31 Å². The van der Waals surface area contributed by atoms with Crippen molar-refractivity contribution in [2.24, 2.45) is 5.14 Å². The highest BCUT2D eigenvalue weighted by molar-refractivity contribution is 7.89. The lowest BCUT2D eigenvalue weighted by molar-refractivity contribution is 0.398. The summed E-state index contributed by atoms with van der Waals surface area (Å²) in [7, 11) is -6.35. The van der Waals surface area contributed by atoms with Crippen molar-refractivity contribution in [3.05, 3.63) is 57.1 Å². The zero-order chi connectivity index (χ0) is 20.7. The van der Waals surface area contributed by atoms with Gasteiger partial charge in [0.05, 0.1) is 9.92 Å². The zero-order valence-electron chi connectivity index (χ0n) is 15.2. The van der Waals surface area contributed by atoms with Gasteiger partial charge in [-0.2, -0.15) is 4.31 Å². The number of rotatable bonds is 5. The van der Waals surface area contributed by atoms with Gasteiger partial charge in [0.2, 0.25) is 20.0 Å². The molecule has 1 atom stereocenters. The van der Waals surface area contributed by atoms with Gasteiger partial charge < -0.3 is 0 Å². The summed E-state index contributed by atoms with van der Waals surface area (Å²) in [5, 5.41) is 5.53. The smallest absolute Gasteiger partial charge is 0.225 e. The first-order valence-electron chi connectivity index (χ1n) is 7.84. The van der Waals surface area contributed by atoms with Crippen LogP contribution in [-0.4, -0.2) is 28.2 Å². The molecule has 2 rings (SSSR count). The average Bonchev–Trinajstić information content (AvgIpc) is 2.58. The maximum absolute atomic E-state index is 13.2. The first kappa shape index (κ1) is 22.1. The molecule has 2 N–H and O–H groups in total. The Morgan fingerprint density at radius 2 is 1.56 bits per heavy atom. The van der Waals surface area contributed by atoms with Crippen LogP contribution in [0.5, 0.6) is 0 Å². The molecule has 0 saturated carbocycles. The summed E-state index contributed by atoms with van der Waals surface area (Å²) in [5.41, 5.74) is 1.53. The minimum Gasteiger partial charge on any atom is -0.225 e. The van der Waals surface area contributed by atoms with E-state index in [1.165, 1.54) is 35.6 Å². The van der Waals surface area contributed by atoms with Crippen LogP contribution in [0, 0.1) is 13.8 Å². The van der Waals surface area contributed by atoms with Crippen LogP contribution in [0.4, 0.5) is 0 Å². The number of hydrogen-bond acceptors (Lipinski definition) is 4. The van der Waals surface area contributed by atoms with Crippen molar-refractivity contribution in [2.75, 3.05) is 7.05 Å². The molecule has 0 aromatic heterocycles. The molecule has 0 heterocycles. The predicted molar refractivity (Wildman–Crippen MR) is 107 cm³/mol. The van der Waals surface area contributed by atoms with Crippen LogP contribution in [0.25, 0.3) is 0 Å². The molecule has 27 heavy (non-hydrogen) atoms. The minimum absolute atomic E-state index is 0.0373. The van der Waals surface area contributed by atoms with E-state index in [9.17, 15) is 16.8 Å². The Balaban J connectivity index is 2.49. The fraction of sp³-hybridized carbons (Fsp3) is 0.294. The Bertz CT molecular complexity index is 1060. The molecule has 0 amide bonds. The molecular weight excluding hydrogens is 431 g/mol. The SMILES string of the molecule is Cc1cc(Cl)c(C)c(S(=O)(=O)N(C)C(C)c2ccc(S(N)(=O)=O)cc2)c1Cl. The van der Waals surface area contributed by atoms with Crippen LogP contribution >= 0.6 is 23.2 Å². The molecule has 148 valence electrons. The second kappa shape index (κ2) is 7.69. The van der Waals surface area contributed by atoms with E-state index in [1.54, 1.807) is 26.8 Å². The van der Waals surface area contributed by atoms with Gasteiger partial charge in [-0.15, -0.1) is 0 Å². The van der Waals surface area contributed by atoms with Gasteiger partial charge in [-0.05, 0) is 55.7 Å². The number of hydrogen-bond donors (Lipinski definition) is 1. The molecule has 10 heteroatoms. The summed E-state index contributed by atoms with van der Waals surface area (Å²) in [6, 6.07) is 6.75. The number of primary sulfonamides is 1. The van der Waals surface area contributed by atoms with E-state index >= 15 is 0 Å². The third kappa shape index (κ3) is 4.31. The van der Waals surface area contributed by atoms with E-state index in [0.717, 1.165) is 0 Å². The van der Waals surface area contributed by atoms with Crippen molar-refractivity contribution in [3.63, 3.8) is 0 Å². The van der Waals surface area contributed by atoms with Crippen LogP contribution in [-0.2, 0) is 20.0 Å². The summed E-state index contributed by atoms with van der Waals surface area (Å²) < 4.78 is 50.3. The van der Waals surface area contributed by atoms with Gasteiger partial charge in [0.25, 0.3) is 0 Å². The quantitative estimate of drug-likeness (QED) is 0.751. The van der Waals surface area contributed by atoms with E-state index in [2.05, 4.69) is 0 Å². The highest BCUT2D eigenvalue weighted by Crippen LogP contribution is 2.37. The topological polar surface area (TPSA) is 97.5 Å². The third-order valence-electron chi connectivity index (χ3n) is 4.46. The largest absolute Gasteiger partial charge is 0.245 e. The monoisotopic (exact) mass is 450 g/mol. The number of nitrogens with two attached hydrogens (primary N) is 1. The first-order chi connectivity index (χ1) is 12.3. The highest BCUT2D eigenvalue weighted by Gasteiger charge is 2.31. The molecule has 6 nitrogen and oxygen atoms in total. The van der Waals surface area contributed by atoms with Gasteiger partial charge in [-0.1, -0.05) is 35.3 Å². The Morgan fingerprint density at radius 3 is 2.04 bits per heavy atom. The maximum Gasteiger partial charge on any atom is 0.245 e. The molecule has 0 aliphatic heterocycles. The average molecular weight is 451 g/mol. The van der Waals surface area contributed by atoms with E-state index in [1.807, 2.05) is 0 Å². The molecule has 0 aliphatic rings. The Morgan fingerprint density at radius 1 is 1.04 bits per heavy atom. The van der Waals surface area contributed by atoms with Crippen molar-refractivity contribution in [1.29, 1.82) is 0 Å². The molecular formula is C17H20Cl2N2O4S2. The molecule has 2 aromatic rings. The Labute approximate surface area is 170 Å². The normalized spacial score (nSPS) is 13.8. The highest BCUT2D eigenvalue weighted by atomic mass is 35.5. The van der Waals surface area contributed by atoms with Crippen molar-refractivity contribution < 1.29 is 16.8 Å². The van der Waals surface area contributed by atoms with Crippen LogP contribution < -0.4 is 5.14 Å². The van der Waals surface area contributed by atoms with Gasteiger partial charge in [0, 0.05) is 18.1 Å². The molecule has 0 aliphatic carbocycles. The fourth-order valence-corrected chi connectivity index (χ4v) is 5.65. The van der Waals surface area contributed by atoms with Gasteiger partial charge in [0.15, 0.2) is 0 Å². The van der Waals surface area contributed by atoms with Crippen molar-refractivity contribution >= 4 is 43.2 Å². The van der Waals surface area contributed by atoms with Gasteiger partial charge >= 0.3 is 0 Å². The second-order valence-electron chi connectivity index (χ2n) is 6.25. The van der Waals surface area contributed by atoms with E-state index in [0.29, 0.717) is 21.7 Å². The summed E-state index contributed by atoms with van der Waals surface area (Å²) in [4.78, 5) is -0.0852. The summed E-state index contributed by atoms with van der Waals surface area (Å²) in [5.74, 6) is 0. The third-order valence-corrected chi connectivity index (χ3v) is 8.48. The number of aryl methyl sites for hydroxylation is 1. The number of halogens is 2. The Hall–Kier alpha value is -1.16. The predicted octanol–water partition coefficient (Wildman–Crippen LogP) is 3.64. The lowest BCUT2D eigenvalue weighted by Gasteiger charge is -2.26. The molecule has 1 unspecified atom stereocenters. The molecule has 2 aromatic carbocycles.